The number of carboxylic acids is 1. The molecule has 1 aliphatic rings. The van der Waals surface area contributed by atoms with Crippen molar-refractivity contribution < 1.29 is 15.0 Å². The number of aliphatic carboxylic acids is 1. The minimum atomic E-state index is -1.67. The lowest BCUT2D eigenvalue weighted by molar-refractivity contribution is -0.163. The Labute approximate surface area is 78.0 Å². The molecule has 0 radical (unpaired) electrons. The van der Waals surface area contributed by atoms with Gasteiger partial charge in [0.25, 0.3) is 0 Å². The van der Waals surface area contributed by atoms with Crippen molar-refractivity contribution >= 4 is 5.97 Å². The van der Waals surface area contributed by atoms with Crippen molar-refractivity contribution in [3.8, 4) is 0 Å². The second-order valence-electron chi connectivity index (χ2n) is 4.98. The van der Waals surface area contributed by atoms with Crippen LogP contribution in [0.3, 0.4) is 0 Å². The van der Waals surface area contributed by atoms with Gasteiger partial charge in [-0.25, -0.2) is 4.79 Å². The third-order valence-corrected chi connectivity index (χ3v) is 2.74. The number of carboxylic acid groups (broad SMARTS) is 1. The number of carbonyl (C=O) groups is 1. The topological polar surface area (TPSA) is 69.6 Å². The summed E-state index contributed by atoms with van der Waals surface area (Å²) in [7, 11) is 0. The lowest BCUT2D eigenvalue weighted by Crippen LogP contribution is -2.57. The second kappa shape index (κ2) is 2.45. The van der Waals surface area contributed by atoms with Gasteiger partial charge >= 0.3 is 5.97 Å². The molecule has 1 fully saturated rings. The lowest BCUT2D eigenvalue weighted by Gasteiger charge is -2.32. The average Bonchev–Trinajstić information content (AvgIpc) is 1.97. The molecular weight excluding hydrogens is 170 g/mol. The molecule has 1 aliphatic heterocycles. The Balaban J connectivity index is 3.07. The highest BCUT2D eigenvalue weighted by Gasteiger charge is 2.59. The van der Waals surface area contributed by atoms with E-state index in [0.717, 1.165) is 0 Å². The predicted molar refractivity (Wildman–Crippen MR) is 48.5 cm³/mol. The van der Waals surface area contributed by atoms with Gasteiger partial charge in [0, 0.05) is 12.0 Å². The molecule has 0 saturated carbocycles. The molecule has 76 valence electrons. The van der Waals surface area contributed by atoms with Gasteiger partial charge in [0.2, 0.25) is 0 Å². The highest BCUT2D eigenvalue weighted by Crippen LogP contribution is 2.39. The standard InChI is InChI=1S/C9H17NO3/c1-7(2)5-9(13,6(11)12)8(3,4)10-7/h10,13H,5H2,1-4H3,(H,11,12). The van der Waals surface area contributed by atoms with Crippen LogP contribution in [0.15, 0.2) is 0 Å². The lowest BCUT2D eigenvalue weighted by atomic mass is 9.82. The van der Waals surface area contributed by atoms with E-state index in [9.17, 15) is 9.90 Å². The molecule has 0 aromatic heterocycles. The molecule has 1 rings (SSSR count). The number of rotatable bonds is 1. The van der Waals surface area contributed by atoms with E-state index >= 15 is 0 Å². The third-order valence-electron chi connectivity index (χ3n) is 2.74. The molecule has 0 amide bonds. The molecule has 4 nitrogen and oxygen atoms in total. The summed E-state index contributed by atoms with van der Waals surface area (Å²) in [6.45, 7) is 7.18. The zero-order valence-electron chi connectivity index (χ0n) is 8.51. The van der Waals surface area contributed by atoms with E-state index < -0.39 is 17.1 Å². The van der Waals surface area contributed by atoms with E-state index in [1.54, 1.807) is 13.8 Å². The van der Waals surface area contributed by atoms with Gasteiger partial charge in [-0.1, -0.05) is 0 Å². The van der Waals surface area contributed by atoms with Gasteiger partial charge in [-0.2, -0.15) is 0 Å². The van der Waals surface area contributed by atoms with Gasteiger partial charge in [0.05, 0.1) is 5.54 Å². The maximum absolute atomic E-state index is 10.9. The highest BCUT2D eigenvalue weighted by atomic mass is 16.4. The van der Waals surface area contributed by atoms with E-state index in [4.69, 9.17) is 5.11 Å². The third kappa shape index (κ3) is 1.44. The van der Waals surface area contributed by atoms with E-state index in [-0.39, 0.29) is 12.0 Å². The van der Waals surface area contributed by atoms with Gasteiger partial charge in [0.15, 0.2) is 5.60 Å². The van der Waals surface area contributed by atoms with Crippen LogP contribution in [0.1, 0.15) is 34.1 Å². The van der Waals surface area contributed by atoms with Crippen LogP contribution < -0.4 is 5.32 Å². The SMILES string of the molecule is CC1(C)CC(O)(C(=O)O)C(C)(C)N1. The molecule has 1 atom stereocenters. The van der Waals surface area contributed by atoms with Gasteiger partial charge in [-0.3, -0.25) is 0 Å². The second-order valence-corrected chi connectivity index (χ2v) is 4.98. The van der Waals surface area contributed by atoms with E-state index in [1.165, 1.54) is 0 Å². The van der Waals surface area contributed by atoms with Crippen molar-refractivity contribution in [2.24, 2.45) is 0 Å². The average molecular weight is 187 g/mol. The molecule has 0 aromatic carbocycles. The maximum atomic E-state index is 10.9. The summed E-state index contributed by atoms with van der Waals surface area (Å²) in [5.74, 6) is -1.16. The zero-order chi connectivity index (χ0) is 10.5. The van der Waals surface area contributed by atoms with Crippen molar-refractivity contribution in [3.05, 3.63) is 0 Å². The van der Waals surface area contributed by atoms with Crippen LogP contribution in [0, 0.1) is 0 Å². The highest BCUT2D eigenvalue weighted by molar-refractivity contribution is 5.80. The number of hydrogen-bond donors (Lipinski definition) is 3. The Morgan fingerprint density at radius 1 is 1.31 bits per heavy atom. The molecule has 1 heterocycles. The van der Waals surface area contributed by atoms with Crippen LogP contribution >= 0.6 is 0 Å². The van der Waals surface area contributed by atoms with Crippen molar-refractivity contribution in [2.45, 2.75) is 50.8 Å². The van der Waals surface area contributed by atoms with Crippen LogP contribution in [0.4, 0.5) is 0 Å². The van der Waals surface area contributed by atoms with Crippen LogP contribution in [-0.2, 0) is 4.79 Å². The molecule has 4 heteroatoms. The normalized spacial score (nSPS) is 36.1. The van der Waals surface area contributed by atoms with Crippen molar-refractivity contribution in [2.75, 3.05) is 0 Å². The summed E-state index contributed by atoms with van der Waals surface area (Å²) in [5.41, 5.74) is -2.80. The number of hydrogen-bond acceptors (Lipinski definition) is 3. The first-order valence-corrected chi connectivity index (χ1v) is 4.36. The maximum Gasteiger partial charge on any atom is 0.337 e. The van der Waals surface area contributed by atoms with Crippen molar-refractivity contribution in [1.82, 2.24) is 5.32 Å². The molecular formula is C9H17NO3. The fraction of sp³-hybridized carbons (Fsp3) is 0.889. The monoisotopic (exact) mass is 187 g/mol. The molecule has 0 aromatic rings. The first-order valence-electron chi connectivity index (χ1n) is 4.36. The largest absolute Gasteiger partial charge is 0.479 e. The quantitative estimate of drug-likeness (QED) is 0.554. The van der Waals surface area contributed by atoms with Crippen LogP contribution in [-0.4, -0.2) is 32.9 Å². The Morgan fingerprint density at radius 3 is 1.92 bits per heavy atom. The van der Waals surface area contributed by atoms with Crippen LogP contribution in [0.25, 0.3) is 0 Å². The molecule has 0 spiro atoms. The Bertz CT molecular complexity index is 247. The summed E-state index contributed by atoms with van der Waals surface area (Å²) in [5, 5.41) is 22.0. The summed E-state index contributed by atoms with van der Waals surface area (Å²) in [4.78, 5) is 10.9. The summed E-state index contributed by atoms with van der Waals surface area (Å²) < 4.78 is 0. The fourth-order valence-corrected chi connectivity index (χ4v) is 2.20. The predicted octanol–water partition coefficient (Wildman–Crippen LogP) is 0.353. The summed E-state index contributed by atoms with van der Waals surface area (Å²) in [6, 6.07) is 0. The molecule has 1 unspecified atom stereocenters. The zero-order valence-corrected chi connectivity index (χ0v) is 8.51. The van der Waals surface area contributed by atoms with Crippen molar-refractivity contribution in [1.29, 1.82) is 0 Å². The number of nitrogens with one attached hydrogen (secondary N) is 1. The van der Waals surface area contributed by atoms with Crippen LogP contribution in [0.2, 0.25) is 0 Å². The molecule has 0 aliphatic carbocycles. The molecule has 1 saturated heterocycles. The van der Waals surface area contributed by atoms with Crippen molar-refractivity contribution in [3.63, 3.8) is 0 Å². The molecule has 3 N–H and O–H groups in total. The van der Waals surface area contributed by atoms with E-state index in [1.807, 2.05) is 13.8 Å². The molecule has 13 heavy (non-hydrogen) atoms. The van der Waals surface area contributed by atoms with Gasteiger partial charge < -0.3 is 15.5 Å². The van der Waals surface area contributed by atoms with E-state index in [0.29, 0.717) is 0 Å². The van der Waals surface area contributed by atoms with Gasteiger partial charge in [-0.15, -0.1) is 0 Å². The van der Waals surface area contributed by atoms with Gasteiger partial charge in [0.1, 0.15) is 0 Å². The molecule has 0 bridgehead atoms. The van der Waals surface area contributed by atoms with Gasteiger partial charge in [-0.05, 0) is 27.7 Å². The van der Waals surface area contributed by atoms with Crippen LogP contribution in [0.5, 0.6) is 0 Å². The Hall–Kier alpha value is -0.610. The first-order chi connectivity index (χ1) is 5.61. The summed E-state index contributed by atoms with van der Waals surface area (Å²) in [6.07, 6.45) is 0.225. The van der Waals surface area contributed by atoms with E-state index in [2.05, 4.69) is 5.32 Å². The minimum absolute atomic E-state index is 0.225. The number of aliphatic hydroxyl groups is 1. The Kier molecular flexibility index (Phi) is 1.98. The first kappa shape index (κ1) is 10.5. The smallest absolute Gasteiger partial charge is 0.337 e. The minimum Gasteiger partial charge on any atom is -0.479 e. The fourth-order valence-electron chi connectivity index (χ4n) is 2.20. The Morgan fingerprint density at radius 2 is 1.77 bits per heavy atom. The summed E-state index contributed by atoms with van der Waals surface area (Å²) >= 11 is 0.